The number of β-amino-alcohol motifs (C(OH)–C–C–N with tert-alkyl or cyclic N) is 1. The van der Waals surface area contributed by atoms with Crippen LogP contribution in [-0.4, -0.2) is 39.3 Å². The zero-order chi connectivity index (χ0) is 9.97. The van der Waals surface area contributed by atoms with Gasteiger partial charge in [-0.25, -0.2) is 0 Å². The lowest BCUT2D eigenvalue weighted by Crippen LogP contribution is -2.37. The lowest BCUT2D eigenvalue weighted by Gasteiger charge is -2.28. The average molecular weight is 197 g/mol. The van der Waals surface area contributed by atoms with Gasteiger partial charge < -0.3 is 9.63 Å². The first kappa shape index (κ1) is 9.61. The number of hydrogen-bond donors (Lipinski definition) is 1. The third-order valence-electron chi connectivity index (χ3n) is 2.42. The molecule has 5 heteroatoms. The molecular formula is C9H15N3O2. The summed E-state index contributed by atoms with van der Waals surface area (Å²) in [5, 5.41) is 13.3. The van der Waals surface area contributed by atoms with Gasteiger partial charge in [-0.2, -0.15) is 4.98 Å². The minimum Gasteiger partial charge on any atom is -0.392 e. The molecule has 0 radical (unpaired) electrons. The van der Waals surface area contributed by atoms with Crippen molar-refractivity contribution in [3.63, 3.8) is 0 Å². The molecular weight excluding hydrogens is 182 g/mol. The number of rotatable bonds is 2. The van der Waals surface area contributed by atoms with Gasteiger partial charge in [-0.05, 0) is 19.4 Å². The van der Waals surface area contributed by atoms with Crippen molar-refractivity contribution in [2.75, 3.05) is 13.1 Å². The van der Waals surface area contributed by atoms with Gasteiger partial charge in [-0.1, -0.05) is 5.16 Å². The van der Waals surface area contributed by atoms with E-state index in [1.807, 2.05) is 0 Å². The maximum atomic E-state index is 9.46. The average Bonchev–Trinajstić information content (AvgIpc) is 2.51. The SMILES string of the molecule is Cc1nc(CN2CCC[C@H](O)C2)no1. The van der Waals surface area contributed by atoms with Crippen molar-refractivity contribution < 1.29 is 9.63 Å². The quantitative estimate of drug-likeness (QED) is 0.740. The Bertz CT molecular complexity index is 300. The minimum atomic E-state index is -0.197. The number of piperidine rings is 1. The topological polar surface area (TPSA) is 62.4 Å². The molecule has 1 aliphatic rings. The van der Waals surface area contributed by atoms with E-state index < -0.39 is 0 Å². The van der Waals surface area contributed by atoms with Gasteiger partial charge in [0, 0.05) is 13.5 Å². The molecule has 1 N–H and O–H groups in total. The number of aliphatic hydroxyl groups excluding tert-OH is 1. The first-order valence-electron chi connectivity index (χ1n) is 4.93. The van der Waals surface area contributed by atoms with Crippen molar-refractivity contribution in [3.05, 3.63) is 11.7 Å². The van der Waals surface area contributed by atoms with Gasteiger partial charge in [0.1, 0.15) is 0 Å². The molecule has 14 heavy (non-hydrogen) atoms. The maximum absolute atomic E-state index is 9.46. The molecule has 0 saturated carbocycles. The third kappa shape index (κ3) is 2.30. The monoisotopic (exact) mass is 197 g/mol. The Hall–Kier alpha value is -0.940. The summed E-state index contributed by atoms with van der Waals surface area (Å²) in [5.41, 5.74) is 0. The Labute approximate surface area is 82.7 Å². The van der Waals surface area contributed by atoms with Gasteiger partial charge in [0.2, 0.25) is 5.89 Å². The Morgan fingerprint density at radius 2 is 2.50 bits per heavy atom. The summed E-state index contributed by atoms with van der Waals surface area (Å²) in [4.78, 5) is 6.28. The lowest BCUT2D eigenvalue weighted by atomic mass is 10.1. The van der Waals surface area contributed by atoms with Crippen LogP contribution in [0.2, 0.25) is 0 Å². The molecule has 0 aliphatic carbocycles. The Kier molecular flexibility index (Phi) is 2.79. The number of aryl methyl sites for hydroxylation is 1. The van der Waals surface area contributed by atoms with Crippen LogP contribution in [0.4, 0.5) is 0 Å². The Morgan fingerprint density at radius 1 is 1.64 bits per heavy atom. The van der Waals surface area contributed by atoms with E-state index in [2.05, 4.69) is 15.0 Å². The molecule has 1 aromatic rings. The second-order valence-corrected chi connectivity index (χ2v) is 3.76. The summed E-state index contributed by atoms with van der Waals surface area (Å²) in [7, 11) is 0. The summed E-state index contributed by atoms with van der Waals surface area (Å²) in [6, 6.07) is 0. The van der Waals surface area contributed by atoms with Gasteiger partial charge in [-0.3, -0.25) is 4.90 Å². The van der Waals surface area contributed by atoms with Crippen molar-refractivity contribution in [2.45, 2.75) is 32.4 Å². The second kappa shape index (κ2) is 4.06. The summed E-state index contributed by atoms with van der Waals surface area (Å²) < 4.78 is 4.88. The van der Waals surface area contributed by atoms with Gasteiger partial charge in [0.15, 0.2) is 5.82 Å². The van der Waals surface area contributed by atoms with E-state index in [-0.39, 0.29) is 6.10 Å². The molecule has 2 rings (SSSR count). The predicted molar refractivity (Wildman–Crippen MR) is 49.6 cm³/mol. The highest BCUT2D eigenvalue weighted by atomic mass is 16.5. The highest BCUT2D eigenvalue weighted by Crippen LogP contribution is 2.11. The van der Waals surface area contributed by atoms with E-state index in [4.69, 9.17) is 4.52 Å². The molecule has 1 aromatic heterocycles. The first-order valence-corrected chi connectivity index (χ1v) is 4.93. The minimum absolute atomic E-state index is 0.197. The van der Waals surface area contributed by atoms with Crippen LogP contribution in [0.3, 0.4) is 0 Å². The van der Waals surface area contributed by atoms with Crippen molar-refractivity contribution in [2.24, 2.45) is 0 Å². The normalized spacial score (nSPS) is 24.0. The predicted octanol–water partition coefficient (Wildman–Crippen LogP) is 0.335. The summed E-state index contributed by atoms with van der Waals surface area (Å²) in [6.07, 6.45) is 1.75. The van der Waals surface area contributed by atoms with E-state index in [0.717, 1.165) is 19.4 Å². The van der Waals surface area contributed by atoms with Crippen LogP contribution >= 0.6 is 0 Å². The van der Waals surface area contributed by atoms with Gasteiger partial charge in [0.05, 0.1) is 12.6 Å². The standard InChI is InChI=1S/C9H15N3O2/c1-7-10-9(11-14-7)6-12-4-2-3-8(13)5-12/h8,13H,2-6H2,1H3/t8-/m0/s1. The number of hydrogen-bond acceptors (Lipinski definition) is 5. The fourth-order valence-corrected chi connectivity index (χ4v) is 1.78. The molecule has 0 aromatic carbocycles. The van der Waals surface area contributed by atoms with Crippen molar-refractivity contribution in [1.29, 1.82) is 0 Å². The van der Waals surface area contributed by atoms with E-state index in [9.17, 15) is 5.11 Å². The number of likely N-dealkylation sites (tertiary alicyclic amines) is 1. The van der Waals surface area contributed by atoms with Gasteiger partial charge in [0.25, 0.3) is 0 Å². The molecule has 1 atom stereocenters. The third-order valence-corrected chi connectivity index (χ3v) is 2.42. The molecule has 5 nitrogen and oxygen atoms in total. The highest BCUT2D eigenvalue weighted by molar-refractivity contribution is 4.85. The largest absolute Gasteiger partial charge is 0.392 e. The van der Waals surface area contributed by atoms with Crippen LogP contribution < -0.4 is 0 Å². The molecule has 2 heterocycles. The lowest BCUT2D eigenvalue weighted by molar-refractivity contribution is 0.0651. The van der Waals surface area contributed by atoms with E-state index in [1.165, 1.54) is 0 Å². The molecule has 0 unspecified atom stereocenters. The fourth-order valence-electron chi connectivity index (χ4n) is 1.78. The number of nitrogens with zero attached hydrogens (tertiary/aromatic N) is 3. The molecule has 0 amide bonds. The van der Waals surface area contributed by atoms with Crippen LogP contribution in [0.5, 0.6) is 0 Å². The Balaban J connectivity index is 1.90. The first-order chi connectivity index (χ1) is 6.74. The smallest absolute Gasteiger partial charge is 0.223 e. The highest BCUT2D eigenvalue weighted by Gasteiger charge is 2.19. The van der Waals surface area contributed by atoms with Gasteiger partial charge in [-0.15, -0.1) is 0 Å². The van der Waals surface area contributed by atoms with Crippen LogP contribution in [0, 0.1) is 6.92 Å². The van der Waals surface area contributed by atoms with Crippen LogP contribution in [-0.2, 0) is 6.54 Å². The summed E-state index contributed by atoms with van der Waals surface area (Å²) in [6.45, 7) is 4.17. The van der Waals surface area contributed by atoms with Crippen molar-refractivity contribution in [1.82, 2.24) is 15.0 Å². The van der Waals surface area contributed by atoms with Gasteiger partial charge >= 0.3 is 0 Å². The molecule has 1 aliphatic heterocycles. The summed E-state index contributed by atoms with van der Waals surface area (Å²) in [5.74, 6) is 1.30. The fraction of sp³-hybridized carbons (Fsp3) is 0.778. The summed E-state index contributed by atoms with van der Waals surface area (Å²) >= 11 is 0. The van der Waals surface area contributed by atoms with Crippen LogP contribution in [0.25, 0.3) is 0 Å². The number of aliphatic hydroxyl groups is 1. The molecule has 1 fully saturated rings. The zero-order valence-corrected chi connectivity index (χ0v) is 8.31. The van der Waals surface area contributed by atoms with E-state index in [0.29, 0.717) is 24.8 Å². The molecule has 78 valence electrons. The maximum Gasteiger partial charge on any atom is 0.223 e. The zero-order valence-electron chi connectivity index (χ0n) is 8.31. The van der Waals surface area contributed by atoms with Crippen LogP contribution in [0.1, 0.15) is 24.6 Å². The number of aromatic nitrogens is 2. The van der Waals surface area contributed by atoms with E-state index >= 15 is 0 Å². The Morgan fingerprint density at radius 3 is 3.14 bits per heavy atom. The molecule has 1 saturated heterocycles. The second-order valence-electron chi connectivity index (χ2n) is 3.76. The van der Waals surface area contributed by atoms with Crippen molar-refractivity contribution in [3.8, 4) is 0 Å². The van der Waals surface area contributed by atoms with Crippen LogP contribution in [0.15, 0.2) is 4.52 Å². The molecule has 0 bridgehead atoms. The van der Waals surface area contributed by atoms with Crippen molar-refractivity contribution >= 4 is 0 Å². The molecule has 0 spiro atoms. The van der Waals surface area contributed by atoms with E-state index in [1.54, 1.807) is 6.92 Å².